The molecule has 1 aromatic carbocycles. The fourth-order valence-corrected chi connectivity index (χ4v) is 8.92. The molecule has 0 atom stereocenters. The zero-order valence-corrected chi connectivity index (χ0v) is 33.5. The molecule has 3 fully saturated rings. The van der Waals surface area contributed by atoms with Gasteiger partial charge in [0, 0.05) is 78.8 Å². The van der Waals surface area contributed by atoms with E-state index in [1.807, 2.05) is 45.0 Å². The third-order valence-corrected chi connectivity index (χ3v) is 13.1. The summed E-state index contributed by atoms with van der Waals surface area (Å²) in [7, 11) is -5.01. The molecule has 0 radical (unpaired) electrons. The van der Waals surface area contributed by atoms with Gasteiger partial charge in [-0.05, 0) is 63.4 Å². The Morgan fingerprint density at radius 1 is 0.962 bits per heavy atom. The molecule has 3 saturated heterocycles. The number of morpholine rings is 1. The molecule has 52 heavy (non-hydrogen) atoms. The first kappa shape index (κ1) is 38.4. The second kappa shape index (κ2) is 16.0. The van der Waals surface area contributed by atoms with Gasteiger partial charge in [-0.1, -0.05) is 31.8 Å². The van der Waals surface area contributed by atoms with E-state index in [-0.39, 0.29) is 6.09 Å². The summed E-state index contributed by atoms with van der Waals surface area (Å²) in [4.78, 5) is 28.2. The smallest absolute Gasteiger partial charge is 0.410 e. The minimum absolute atomic E-state index is 0.266. The molecule has 14 nitrogen and oxygen atoms in total. The summed E-state index contributed by atoms with van der Waals surface area (Å²) in [6, 6.07) is 11.0. The Kier molecular flexibility index (Phi) is 11.8. The molecule has 2 aromatic heterocycles. The van der Waals surface area contributed by atoms with Crippen molar-refractivity contribution in [2.75, 3.05) is 81.8 Å². The van der Waals surface area contributed by atoms with Crippen LogP contribution in [0.5, 0.6) is 0 Å². The van der Waals surface area contributed by atoms with Crippen LogP contribution in [0.1, 0.15) is 33.6 Å². The monoisotopic (exact) mass is 756 g/mol. The zero-order valence-electron chi connectivity index (χ0n) is 31.6. The summed E-state index contributed by atoms with van der Waals surface area (Å²) < 4.78 is 50.7. The second-order valence-electron chi connectivity index (χ2n) is 16.2. The van der Waals surface area contributed by atoms with E-state index in [1.54, 1.807) is 11.2 Å². The normalized spacial score (nSPS) is 19.0. The number of nitrogens with zero attached hydrogens (tertiary/aromatic N) is 7. The zero-order chi connectivity index (χ0) is 37.1. The standard InChI is InChI=1S/C36H56N8O6SSi/c1-36(2,3)50-35(45)42-13-11-30(12-14-42)40-15-17-43(18-16-40)51(46,47)39-29-9-7-28(8-10-29)32-25-31-33(41-19-21-48-22-20-41)37-26-38-34(31)44(32)27-49-23-24-52(4,5)6/h7-10,25-26,30,39H,11-24,27H2,1-6H3. The van der Waals surface area contributed by atoms with E-state index in [0.29, 0.717) is 77.5 Å². The molecule has 0 spiro atoms. The van der Waals surface area contributed by atoms with E-state index in [1.165, 1.54) is 4.31 Å². The number of likely N-dealkylation sites (tertiary alicyclic amines) is 1. The van der Waals surface area contributed by atoms with Gasteiger partial charge < -0.3 is 28.6 Å². The van der Waals surface area contributed by atoms with Crippen LogP contribution >= 0.6 is 0 Å². The molecule has 16 heteroatoms. The van der Waals surface area contributed by atoms with Crippen LogP contribution in [-0.4, -0.2) is 135 Å². The Balaban J connectivity index is 1.10. The lowest BCUT2D eigenvalue weighted by molar-refractivity contribution is 0.0122. The number of nitrogens with one attached hydrogen (secondary N) is 1. The van der Waals surface area contributed by atoms with Crippen molar-refractivity contribution in [2.24, 2.45) is 0 Å². The number of hydrogen-bond acceptors (Lipinski definition) is 10. The molecule has 0 aliphatic carbocycles. The molecule has 0 bridgehead atoms. The van der Waals surface area contributed by atoms with Gasteiger partial charge in [0.05, 0.1) is 24.3 Å². The van der Waals surface area contributed by atoms with Gasteiger partial charge in [0.1, 0.15) is 30.1 Å². The third-order valence-electron chi connectivity index (χ3n) is 9.87. The largest absolute Gasteiger partial charge is 0.444 e. The van der Waals surface area contributed by atoms with Crippen LogP contribution < -0.4 is 9.62 Å². The maximum atomic E-state index is 13.5. The number of benzene rings is 1. The van der Waals surface area contributed by atoms with Gasteiger partial charge in [-0.2, -0.15) is 12.7 Å². The maximum Gasteiger partial charge on any atom is 0.410 e. The first-order valence-corrected chi connectivity index (χ1v) is 23.7. The number of aromatic nitrogens is 3. The molecule has 3 aromatic rings. The van der Waals surface area contributed by atoms with Crippen LogP contribution in [0.3, 0.4) is 0 Å². The molecule has 3 aliphatic rings. The number of carbonyl (C=O) groups is 1. The van der Waals surface area contributed by atoms with Crippen LogP contribution in [0.15, 0.2) is 36.7 Å². The van der Waals surface area contributed by atoms with E-state index in [9.17, 15) is 13.2 Å². The van der Waals surface area contributed by atoms with Crippen molar-refractivity contribution in [3.8, 4) is 11.3 Å². The number of piperidine rings is 1. The fraction of sp³-hybridized carbons (Fsp3) is 0.639. The van der Waals surface area contributed by atoms with Gasteiger partial charge in [-0.3, -0.25) is 9.62 Å². The summed E-state index contributed by atoms with van der Waals surface area (Å²) in [5.74, 6) is 0.881. The lowest BCUT2D eigenvalue weighted by Crippen LogP contribution is -2.55. The second-order valence-corrected chi connectivity index (χ2v) is 23.4. The number of fused-ring (bicyclic) bond motifs is 1. The Labute approximate surface area is 309 Å². The average molecular weight is 757 g/mol. The van der Waals surface area contributed by atoms with Gasteiger partial charge in [-0.15, -0.1) is 0 Å². The predicted molar refractivity (Wildman–Crippen MR) is 207 cm³/mol. The number of ether oxygens (including phenoxy) is 3. The first-order chi connectivity index (χ1) is 24.7. The fourth-order valence-electron chi connectivity index (χ4n) is 6.95. The van der Waals surface area contributed by atoms with Crippen LogP contribution in [0.2, 0.25) is 25.7 Å². The number of carbonyl (C=O) groups excluding carboxylic acids is 1. The van der Waals surface area contributed by atoms with Crippen LogP contribution in [0.25, 0.3) is 22.3 Å². The number of rotatable bonds is 11. The van der Waals surface area contributed by atoms with Crippen molar-refractivity contribution in [1.29, 1.82) is 0 Å². The number of anilines is 2. The summed E-state index contributed by atoms with van der Waals surface area (Å²) in [5.41, 5.74) is 2.65. The van der Waals surface area contributed by atoms with Crippen molar-refractivity contribution in [3.63, 3.8) is 0 Å². The molecule has 1 N–H and O–H groups in total. The van der Waals surface area contributed by atoms with Crippen molar-refractivity contribution in [3.05, 3.63) is 36.7 Å². The highest BCUT2D eigenvalue weighted by atomic mass is 32.2. The van der Waals surface area contributed by atoms with Crippen molar-refractivity contribution < 1.29 is 27.4 Å². The Morgan fingerprint density at radius 3 is 2.27 bits per heavy atom. The van der Waals surface area contributed by atoms with Gasteiger partial charge in [0.25, 0.3) is 0 Å². The molecular formula is C36H56N8O6SSi. The Hall–Kier alpha value is -3.28. The number of amides is 1. The lowest BCUT2D eigenvalue weighted by Gasteiger charge is -2.42. The number of piperazine rings is 1. The van der Waals surface area contributed by atoms with Gasteiger partial charge in [0.15, 0.2) is 0 Å². The highest BCUT2D eigenvalue weighted by molar-refractivity contribution is 7.90. The number of hydrogen-bond donors (Lipinski definition) is 1. The molecule has 3 aliphatic heterocycles. The topological polar surface area (TPSA) is 135 Å². The third kappa shape index (κ3) is 9.63. The van der Waals surface area contributed by atoms with E-state index < -0.39 is 23.9 Å². The van der Waals surface area contributed by atoms with E-state index in [2.05, 4.69) is 54.8 Å². The molecule has 0 saturated carbocycles. The van der Waals surface area contributed by atoms with Gasteiger partial charge in [0.2, 0.25) is 0 Å². The minimum atomic E-state index is -3.75. The summed E-state index contributed by atoms with van der Waals surface area (Å²) in [6.45, 7) is 19.9. The molecule has 6 rings (SSSR count). The summed E-state index contributed by atoms with van der Waals surface area (Å²) in [5, 5.41) is 0.950. The van der Waals surface area contributed by atoms with Crippen molar-refractivity contribution in [1.82, 2.24) is 28.6 Å². The van der Waals surface area contributed by atoms with Gasteiger partial charge in [-0.25, -0.2) is 14.8 Å². The van der Waals surface area contributed by atoms with Crippen LogP contribution in [0.4, 0.5) is 16.3 Å². The summed E-state index contributed by atoms with van der Waals surface area (Å²) in [6.07, 6.45) is 3.04. The van der Waals surface area contributed by atoms with E-state index in [0.717, 1.165) is 60.1 Å². The summed E-state index contributed by atoms with van der Waals surface area (Å²) >= 11 is 0. The predicted octanol–water partition coefficient (Wildman–Crippen LogP) is 4.92. The molecule has 0 unspecified atom stereocenters. The highest BCUT2D eigenvalue weighted by Crippen LogP contribution is 2.33. The van der Waals surface area contributed by atoms with E-state index in [4.69, 9.17) is 14.2 Å². The average Bonchev–Trinajstić information content (AvgIpc) is 3.48. The Bertz CT molecular complexity index is 1770. The highest BCUT2D eigenvalue weighted by Gasteiger charge is 2.33. The van der Waals surface area contributed by atoms with Crippen molar-refractivity contribution in [2.45, 2.75) is 77.7 Å². The van der Waals surface area contributed by atoms with Crippen LogP contribution in [-0.2, 0) is 31.2 Å². The van der Waals surface area contributed by atoms with Gasteiger partial charge >= 0.3 is 16.3 Å². The lowest BCUT2D eigenvalue weighted by atomic mass is 10.0. The molecule has 5 heterocycles. The SMILES string of the molecule is CC(C)(C)OC(=O)N1CCC(N2CCN(S(=O)(=O)Nc3ccc(-c4cc5c(N6CCOCC6)ncnc5n4COCC[Si](C)(C)C)cc3)CC2)CC1. The Morgan fingerprint density at radius 2 is 1.63 bits per heavy atom. The maximum absolute atomic E-state index is 13.5. The van der Waals surface area contributed by atoms with Crippen molar-refractivity contribution >= 4 is 46.9 Å². The van der Waals surface area contributed by atoms with E-state index >= 15 is 0 Å². The quantitative estimate of drug-likeness (QED) is 0.212. The molecular weight excluding hydrogens is 701 g/mol. The molecule has 286 valence electrons. The van der Waals surface area contributed by atoms with Crippen LogP contribution in [0, 0.1) is 0 Å². The minimum Gasteiger partial charge on any atom is -0.444 e. The molecule has 1 amide bonds. The first-order valence-electron chi connectivity index (χ1n) is 18.5.